The molecule has 6 nitrogen and oxygen atoms in total. The summed E-state index contributed by atoms with van der Waals surface area (Å²) in [5, 5.41) is 4.84. The Morgan fingerprint density at radius 1 is 1.21 bits per heavy atom. The Bertz CT molecular complexity index is 1020. The SMILES string of the molecule is CCCP(=O)(O)OCc1ccc(C(=O)Nc2cc(-c3cccs3)ccc2N)cc1. The van der Waals surface area contributed by atoms with Gasteiger partial charge in [-0.3, -0.25) is 9.36 Å². The van der Waals surface area contributed by atoms with Crippen LogP contribution in [0.25, 0.3) is 10.4 Å². The molecule has 0 aliphatic carbocycles. The van der Waals surface area contributed by atoms with Gasteiger partial charge in [-0.05, 0) is 53.3 Å². The molecule has 2 aromatic carbocycles. The number of thiophene rings is 1. The molecule has 29 heavy (non-hydrogen) atoms. The van der Waals surface area contributed by atoms with E-state index in [9.17, 15) is 14.3 Å². The van der Waals surface area contributed by atoms with Gasteiger partial charge in [-0.15, -0.1) is 11.3 Å². The van der Waals surface area contributed by atoms with E-state index in [0.717, 1.165) is 10.4 Å². The van der Waals surface area contributed by atoms with Crippen LogP contribution in [0.2, 0.25) is 0 Å². The number of carbonyl (C=O) groups is 1. The molecule has 0 fully saturated rings. The van der Waals surface area contributed by atoms with E-state index in [2.05, 4.69) is 5.32 Å². The van der Waals surface area contributed by atoms with Crippen molar-refractivity contribution in [2.75, 3.05) is 17.2 Å². The molecule has 0 aliphatic rings. The molecular formula is C21H23N2O4PS. The molecule has 1 heterocycles. The van der Waals surface area contributed by atoms with E-state index in [-0.39, 0.29) is 18.7 Å². The van der Waals surface area contributed by atoms with Gasteiger partial charge in [0.2, 0.25) is 0 Å². The van der Waals surface area contributed by atoms with Crippen molar-refractivity contribution >= 4 is 36.2 Å². The first kappa shape index (κ1) is 21.3. The highest BCUT2D eigenvalue weighted by atomic mass is 32.1. The molecule has 3 aromatic rings. The van der Waals surface area contributed by atoms with E-state index in [0.29, 0.717) is 28.9 Å². The number of rotatable bonds is 8. The first-order chi connectivity index (χ1) is 13.9. The zero-order valence-electron chi connectivity index (χ0n) is 16.0. The van der Waals surface area contributed by atoms with Crippen LogP contribution in [0.5, 0.6) is 0 Å². The summed E-state index contributed by atoms with van der Waals surface area (Å²) in [4.78, 5) is 23.3. The minimum atomic E-state index is -3.56. The normalized spacial score (nSPS) is 13.0. The van der Waals surface area contributed by atoms with Crippen molar-refractivity contribution in [1.29, 1.82) is 0 Å². The molecule has 0 saturated heterocycles. The molecule has 1 amide bonds. The van der Waals surface area contributed by atoms with Crippen LogP contribution in [0.1, 0.15) is 29.3 Å². The van der Waals surface area contributed by atoms with E-state index >= 15 is 0 Å². The fourth-order valence-electron chi connectivity index (χ4n) is 2.73. The molecule has 8 heteroatoms. The van der Waals surface area contributed by atoms with Crippen LogP contribution in [0.4, 0.5) is 11.4 Å². The number of hydrogen-bond acceptors (Lipinski definition) is 5. The lowest BCUT2D eigenvalue weighted by Crippen LogP contribution is -2.13. The predicted molar refractivity (Wildman–Crippen MR) is 118 cm³/mol. The largest absolute Gasteiger partial charge is 0.397 e. The fraction of sp³-hybridized carbons (Fsp3) is 0.190. The van der Waals surface area contributed by atoms with Gasteiger partial charge >= 0.3 is 7.60 Å². The van der Waals surface area contributed by atoms with Crippen LogP contribution in [0.3, 0.4) is 0 Å². The highest BCUT2D eigenvalue weighted by molar-refractivity contribution is 7.52. The van der Waals surface area contributed by atoms with Crippen LogP contribution in [-0.4, -0.2) is 17.0 Å². The molecule has 0 bridgehead atoms. The third-order valence-electron chi connectivity index (χ3n) is 4.26. The van der Waals surface area contributed by atoms with Gasteiger partial charge in [0.1, 0.15) is 0 Å². The number of nitrogens with two attached hydrogens (primary N) is 1. The Labute approximate surface area is 173 Å². The molecule has 152 valence electrons. The van der Waals surface area contributed by atoms with Crippen LogP contribution < -0.4 is 11.1 Å². The summed E-state index contributed by atoms with van der Waals surface area (Å²) < 4.78 is 16.9. The quantitative estimate of drug-likeness (QED) is 0.330. The van der Waals surface area contributed by atoms with Gasteiger partial charge < -0.3 is 20.5 Å². The number of benzene rings is 2. The second-order valence-electron chi connectivity index (χ2n) is 6.56. The molecule has 4 N–H and O–H groups in total. The molecule has 0 radical (unpaired) electrons. The molecule has 0 spiro atoms. The maximum atomic E-state index is 12.6. The molecule has 0 saturated carbocycles. The van der Waals surface area contributed by atoms with Gasteiger partial charge in [0.15, 0.2) is 0 Å². The summed E-state index contributed by atoms with van der Waals surface area (Å²) in [6, 6.07) is 16.2. The summed E-state index contributed by atoms with van der Waals surface area (Å²) in [5.41, 5.74) is 9.21. The van der Waals surface area contributed by atoms with Gasteiger partial charge in [-0.25, -0.2) is 0 Å². The van der Waals surface area contributed by atoms with Crippen molar-refractivity contribution in [3.05, 3.63) is 71.1 Å². The average Bonchev–Trinajstić information content (AvgIpc) is 3.23. The Morgan fingerprint density at radius 2 is 1.97 bits per heavy atom. The summed E-state index contributed by atoms with van der Waals surface area (Å²) in [7, 11) is -3.56. The zero-order chi connectivity index (χ0) is 20.9. The standard InChI is InChI=1S/C21H23N2O4PS/c1-2-11-28(25,26)27-14-15-5-7-16(8-6-15)21(24)23-19-13-17(9-10-18(19)22)20-4-3-12-29-20/h3-10,12-13H,2,11,14,22H2,1H3,(H,23,24)(H,25,26). The second kappa shape index (κ2) is 9.37. The number of amides is 1. The van der Waals surface area contributed by atoms with Crippen LogP contribution >= 0.6 is 18.9 Å². The Hall–Kier alpha value is -2.44. The molecule has 1 unspecified atom stereocenters. The first-order valence-electron chi connectivity index (χ1n) is 9.18. The third-order valence-corrected chi connectivity index (χ3v) is 6.73. The van der Waals surface area contributed by atoms with E-state index in [1.165, 1.54) is 0 Å². The van der Waals surface area contributed by atoms with Gasteiger partial charge in [0.05, 0.1) is 18.0 Å². The maximum Gasteiger partial charge on any atom is 0.328 e. The van der Waals surface area contributed by atoms with Crippen molar-refractivity contribution in [3.63, 3.8) is 0 Å². The highest BCUT2D eigenvalue weighted by Gasteiger charge is 2.17. The highest BCUT2D eigenvalue weighted by Crippen LogP contribution is 2.43. The van der Waals surface area contributed by atoms with Gasteiger partial charge in [0.25, 0.3) is 5.91 Å². The summed E-state index contributed by atoms with van der Waals surface area (Å²) in [5.74, 6) is -0.286. The minimum absolute atomic E-state index is 0.0193. The summed E-state index contributed by atoms with van der Waals surface area (Å²) in [6.45, 7) is 1.84. The van der Waals surface area contributed by atoms with Gasteiger partial charge in [-0.2, -0.15) is 0 Å². The second-order valence-corrected chi connectivity index (χ2v) is 9.49. The predicted octanol–water partition coefficient (Wildman–Crippen LogP) is 5.36. The van der Waals surface area contributed by atoms with E-state index in [4.69, 9.17) is 10.3 Å². The number of nitrogens with one attached hydrogen (secondary N) is 1. The number of hydrogen-bond donors (Lipinski definition) is 3. The van der Waals surface area contributed by atoms with Crippen molar-refractivity contribution in [2.45, 2.75) is 20.0 Å². The monoisotopic (exact) mass is 430 g/mol. The molecular weight excluding hydrogens is 407 g/mol. The maximum absolute atomic E-state index is 12.6. The Morgan fingerprint density at radius 3 is 2.62 bits per heavy atom. The Balaban J connectivity index is 1.67. The fourth-order valence-corrected chi connectivity index (χ4v) is 4.50. The molecule has 0 aliphatic heterocycles. The molecule has 3 rings (SSSR count). The lowest BCUT2D eigenvalue weighted by atomic mass is 10.1. The molecule has 1 aromatic heterocycles. The van der Waals surface area contributed by atoms with Crippen molar-refractivity contribution < 1.29 is 18.8 Å². The lowest BCUT2D eigenvalue weighted by Gasteiger charge is -2.12. The van der Waals surface area contributed by atoms with Crippen LogP contribution in [0.15, 0.2) is 60.0 Å². The molecule has 1 atom stereocenters. The van der Waals surface area contributed by atoms with E-state index in [1.807, 2.05) is 36.6 Å². The zero-order valence-corrected chi connectivity index (χ0v) is 17.7. The van der Waals surface area contributed by atoms with E-state index < -0.39 is 7.60 Å². The van der Waals surface area contributed by atoms with Crippen LogP contribution in [-0.2, 0) is 15.7 Å². The number of nitrogen functional groups attached to an aromatic ring is 1. The van der Waals surface area contributed by atoms with Crippen molar-refractivity contribution in [2.24, 2.45) is 0 Å². The van der Waals surface area contributed by atoms with Gasteiger partial charge in [-0.1, -0.05) is 31.2 Å². The third kappa shape index (κ3) is 5.78. The smallest absolute Gasteiger partial charge is 0.328 e. The van der Waals surface area contributed by atoms with Crippen molar-refractivity contribution in [1.82, 2.24) is 0 Å². The van der Waals surface area contributed by atoms with E-state index in [1.54, 1.807) is 41.7 Å². The van der Waals surface area contributed by atoms with Gasteiger partial charge in [0, 0.05) is 16.6 Å². The average molecular weight is 430 g/mol. The first-order valence-corrected chi connectivity index (χ1v) is 11.8. The Kier molecular flexibility index (Phi) is 6.87. The lowest BCUT2D eigenvalue weighted by molar-refractivity contribution is 0.102. The summed E-state index contributed by atoms with van der Waals surface area (Å²) in [6.07, 6.45) is 0.698. The number of carbonyl (C=O) groups excluding carboxylic acids is 1. The van der Waals surface area contributed by atoms with Crippen molar-refractivity contribution in [3.8, 4) is 10.4 Å². The van der Waals surface area contributed by atoms with Crippen LogP contribution in [0, 0.1) is 0 Å². The number of anilines is 2. The minimum Gasteiger partial charge on any atom is -0.397 e. The summed E-state index contributed by atoms with van der Waals surface area (Å²) >= 11 is 1.61. The topological polar surface area (TPSA) is 102 Å².